The molecule has 2 aromatic rings. The summed E-state index contributed by atoms with van der Waals surface area (Å²) in [4.78, 5) is 4.29. The van der Waals surface area contributed by atoms with E-state index in [1.807, 2.05) is 10.5 Å². The zero-order valence-corrected chi connectivity index (χ0v) is 13.0. The standard InChI is InChI=1S/C16H22N4O2/c1-12(2)10-22-11-15(21)8-18-6-14-7-19-16-4-3-13(5-17)9-20(14)16/h3-4,7,9,12,15,18,21H,6,8,10-11H2,1-2H3. The van der Waals surface area contributed by atoms with Gasteiger partial charge in [0, 0.05) is 25.9 Å². The molecule has 0 aliphatic carbocycles. The molecule has 118 valence electrons. The van der Waals surface area contributed by atoms with Crippen LogP contribution >= 0.6 is 0 Å². The van der Waals surface area contributed by atoms with E-state index < -0.39 is 6.10 Å². The highest BCUT2D eigenvalue weighted by molar-refractivity contribution is 5.44. The number of hydrogen-bond donors (Lipinski definition) is 2. The highest BCUT2D eigenvalue weighted by atomic mass is 16.5. The molecule has 0 aliphatic rings. The normalized spacial score (nSPS) is 12.7. The van der Waals surface area contributed by atoms with Gasteiger partial charge >= 0.3 is 0 Å². The SMILES string of the molecule is CC(C)COCC(O)CNCc1cnc2ccc(C#N)cn12. The van der Waals surface area contributed by atoms with E-state index in [9.17, 15) is 5.11 Å². The van der Waals surface area contributed by atoms with Crippen LogP contribution in [0.25, 0.3) is 5.65 Å². The van der Waals surface area contributed by atoms with E-state index in [1.165, 1.54) is 0 Å². The molecule has 6 heteroatoms. The summed E-state index contributed by atoms with van der Waals surface area (Å²) in [6, 6.07) is 5.68. The van der Waals surface area contributed by atoms with Gasteiger partial charge in [0.15, 0.2) is 0 Å². The summed E-state index contributed by atoms with van der Waals surface area (Å²) >= 11 is 0. The average Bonchev–Trinajstić information content (AvgIpc) is 2.89. The first-order chi connectivity index (χ1) is 10.6. The molecule has 0 saturated carbocycles. The van der Waals surface area contributed by atoms with Gasteiger partial charge in [0.25, 0.3) is 0 Å². The largest absolute Gasteiger partial charge is 0.389 e. The monoisotopic (exact) mass is 302 g/mol. The van der Waals surface area contributed by atoms with Crippen LogP contribution < -0.4 is 5.32 Å². The Balaban J connectivity index is 1.83. The molecule has 0 radical (unpaired) electrons. The first kappa shape index (κ1) is 16.4. The van der Waals surface area contributed by atoms with E-state index in [0.717, 1.165) is 11.3 Å². The van der Waals surface area contributed by atoms with Gasteiger partial charge in [-0.15, -0.1) is 0 Å². The van der Waals surface area contributed by atoms with Crippen molar-refractivity contribution in [2.24, 2.45) is 5.92 Å². The summed E-state index contributed by atoms with van der Waals surface area (Å²) in [5, 5.41) is 22.0. The summed E-state index contributed by atoms with van der Waals surface area (Å²) in [6.45, 7) is 6.15. The highest BCUT2D eigenvalue weighted by Gasteiger charge is 2.07. The first-order valence-corrected chi connectivity index (χ1v) is 7.42. The zero-order chi connectivity index (χ0) is 15.9. The van der Waals surface area contributed by atoms with Crippen LogP contribution in [0.4, 0.5) is 0 Å². The number of imidazole rings is 1. The number of aliphatic hydroxyl groups excluding tert-OH is 1. The van der Waals surface area contributed by atoms with Crippen LogP contribution in [-0.2, 0) is 11.3 Å². The van der Waals surface area contributed by atoms with Crippen molar-refractivity contribution in [1.29, 1.82) is 5.26 Å². The predicted molar refractivity (Wildman–Crippen MR) is 83.3 cm³/mol. The summed E-state index contributed by atoms with van der Waals surface area (Å²) in [6.07, 6.45) is 3.00. The highest BCUT2D eigenvalue weighted by Crippen LogP contribution is 2.08. The number of hydrogen-bond acceptors (Lipinski definition) is 5. The van der Waals surface area contributed by atoms with Crippen molar-refractivity contribution in [3.63, 3.8) is 0 Å². The Bertz CT molecular complexity index is 645. The van der Waals surface area contributed by atoms with E-state index in [0.29, 0.717) is 37.8 Å². The molecule has 2 heterocycles. The van der Waals surface area contributed by atoms with E-state index in [1.54, 1.807) is 18.5 Å². The second-order valence-corrected chi connectivity index (χ2v) is 5.72. The Morgan fingerprint density at radius 2 is 2.23 bits per heavy atom. The second kappa shape index (κ2) is 7.90. The summed E-state index contributed by atoms with van der Waals surface area (Å²) in [5.74, 6) is 0.465. The van der Waals surface area contributed by atoms with E-state index >= 15 is 0 Å². The van der Waals surface area contributed by atoms with Crippen LogP contribution in [0.5, 0.6) is 0 Å². The fourth-order valence-corrected chi connectivity index (χ4v) is 2.09. The minimum Gasteiger partial charge on any atom is -0.389 e. The predicted octanol–water partition coefficient (Wildman–Crippen LogP) is 1.33. The lowest BCUT2D eigenvalue weighted by Gasteiger charge is -2.13. The van der Waals surface area contributed by atoms with Gasteiger partial charge in [-0.2, -0.15) is 5.26 Å². The summed E-state index contributed by atoms with van der Waals surface area (Å²) in [7, 11) is 0. The second-order valence-electron chi connectivity index (χ2n) is 5.72. The Morgan fingerprint density at radius 3 is 2.95 bits per heavy atom. The molecule has 6 nitrogen and oxygen atoms in total. The number of rotatable bonds is 8. The number of aliphatic hydroxyl groups is 1. The lowest BCUT2D eigenvalue weighted by atomic mass is 10.2. The molecule has 2 N–H and O–H groups in total. The molecule has 0 bridgehead atoms. The van der Waals surface area contributed by atoms with Crippen LogP contribution in [-0.4, -0.2) is 40.4 Å². The first-order valence-electron chi connectivity index (χ1n) is 7.42. The minimum atomic E-state index is -0.535. The van der Waals surface area contributed by atoms with Gasteiger partial charge in [0.1, 0.15) is 11.7 Å². The molecule has 0 saturated heterocycles. The molecule has 1 atom stereocenters. The van der Waals surface area contributed by atoms with E-state index in [-0.39, 0.29) is 0 Å². The number of pyridine rings is 1. The Hall–Kier alpha value is -1.94. The average molecular weight is 302 g/mol. The molecule has 0 amide bonds. The molecule has 0 fully saturated rings. The van der Waals surface area contributed by atoms with Gasteiger partial charge in [0.2, 0.25) is 0 Å². The fourth-order valence-electron chi connectivity index (χ4n) is 2.09. The van der Waals surface area contributed by atoms with Crippen molar-refractivity contribution in [2.45, 2.75) is 26.5 Å². The van der Waals surface area contributed by atoms with Crippen LogP contribution in [0.1, 0.15) is 25.1 Å². The maximum atomic E-state index is 9.83. The maximum absolute atomic E-state index is 9.83. The fraction of sp³-hybridized carbons (Fsp3) is 0.500. The molecule has 0 aromatic carbocycles. The topological polar surface area (TPSA) is 82.6 Å². The maximum Gasteiger partial charge on any atom is 0.137 e. The third-order valence-electron chi connectivity index (χ3n) is 3.16. The van der Waals surface area contributed by atoms with Crippen LogP contribution in [0.3, 0.4) is 0 Å². The lowest BCUT2D eigenvalue weighted by Crippen LogP contribution is -2.30. The van der Waals surface area contributed by atoms with E-state index in [4.69, 9.17) is 10.00 Å². The van der Waals surface area contributed by atoms with Crippen molar-refractivity contribution in [2.75, 3.05) is 19.8 Å². The Morgan fingerprint density at radius 1 is 1.41 bits per heavy atom. The Labute approximate surface area is 130 Å². The van der Waals surface area contributed by atoms with Gasteiger partial charge in [-0.3, -0.25) is 0 Å². The molecule has 1 unspecified atom stereocenters. The molecular formula is C16H22N4O2. The number of aromatic nitrogens is 2. The minimum absolute atomic E-state index is 0.330. The third-order valence-corrected chi connectivity index (χ3v) is 3.16. The van der Waals surface area contributed by atoms with Gasteiger partial charge in [-0.1, -0.05) is 13.8 Å². The number of nitriles is 1. The third kappa shape index (κ3) is 4.53. The molecule has 2 rings (SSSR count). The smallest absolute Gasteiger partial charge is 0.137 e. The number of ether oxygens (including phenoxy) is 1. The molecular weight excluding hydrogens is 280 g/mol. The molecule has 0 spiro atoms. The molecule has 22 heavy (non-hydrogen) atoms. The van der Waals surface area contributed by atoms with Crippen molar-refractivity contribution in [3.05, 3.63) is 35.8 Å². The number of fused-ring (bicyclic) bond motifs is 1. The van der Waals surface area contributed by atoms with E-state index in [2.05, 4.69) is 30.2 Å². The van der Waals surface area contributed by atoms with Crippen molar-refractivity contribution in [3.8, 4) is 6.07 Å². The van der Waals surface area contributed by atoms with Crippen LogP contribution in [0.15, 0.2) is 24.5 Å². The lowest BCUT2D eigenvalue weighted by molar-refractivity contribution is 0.0260. The quantitative estimate of drug-likeness (QED) is 0.768. The molecule has 0 aliphatic heterocycles. The van der Waals surface area contributed by atoms with Gasteiger partial charge in [-0.05, 0) is 18.1 Å². The van der Waals surface area contributed by atoms with Crippen molar-refractivity contribution >= 4 is 5.65 Å². The van der Waals surface area contributed by atoms with Crippen LogP contribution in [0, 0.1) is 17.2 Å². The van der Waals surface area contributed by atoms with Gasteiger partial charge in [-0.25, -0.2) is 4.98 Å². The molecule has 2 aromatic heterocycles. The summed E-state index contributed by atoms with van der Waals surface area (Å²) < 4.78 is 7.28. The van der Waals surface area contributed by atoms with Gasteiger partial charge in [0.05, 0.1) is 30.2 Å². The van der Waals surface area contributed by atoms with Crippen molar-refractivity contribution < 1.29 is 9.84 Å². The number of nitrogens with one attached hydrogen (secondary N) is 1. The summed E-state index contributed by atoms with van der Waals surface area (Å²) in [5.41, 5.74) is 2.34. The van der Waals surface area contributed by atoms with Crippen molar-refractivity contribution in [1.82, 2.24) is 14.7 Å². The van der Waals surface area contributed by atoms with Gasteiger partial charge < -0.3 is 19.6 Å². The zero-order valence-electron chi connectivity index (χ0n) is 13.0. The number of nitrogens with zero attached hydrogens (tertiary/aromatic N) is 3. The Kier molecular flexibility index (Phi) is 5.90. The van der Waals surface area contributed by atoms with Crippen LogP contribution in [0.2, 0.25) is 0 Å².